The fourth-order valence-electron chi connectivity index (χ4n) is 6.99. The molecule has 6 heteroatoms. The molecule has 0 aliphatic heterocycles. The zero-order chi connectivity index (χ0) is 34.8. The van der Waals surface area contributed by atoms with Gasteiger partial charge in [-0.05, 0) is 94.1 Å². The van der Waals surface area contributed by atoms with E-state index in [1.165, 1.54) is 44.8 Å². The Kier molecular flexibility index (Phi) is 8.92. The Hall–Kier alpha value is -6.14. The van der Waals surface area contributed by atoms with E-state index in [1.807, 2.05) is 60.7 Å². The van der Waals surface area contributed by atoms with Crippen LogP contribution in [-0.2, 0) is 0 Å². The normalized spacial score (nSPS) is 11.0. The van der Waals surface area contributed by atoms with Crippen LogP contribution in [0.5, 0.6) is 0 Å². The molecule has 0 spiro atoms. The van der Waals surface area contributed by atoms with Gasteiger partial charge in [0.1, 0.15) is 18.0 Å². The molecule has 50 heavy (non-hydrogen) atoms. The van der Waals surface area contributed by atoms with Crippen molar-refractivity contribution in [3.63, 3.8) is 0 Å². The number of nitrogens with zero attached hydrogens (tertiary/aromatic N) is 6. The van der Waals surface area contributed by atoms with Gasteiger partial charge in [0.25, 0.3) is 0 Å². The summed E-state index contributed by atoms with van der Waals surface area (Å²) >= 11 is 0. The maximum absolute atomic E-state index is 5.14. The van der Waals surface area contributed by atoms with E-state index in [9.17, 15) is 0 Å². The molecule has 0 saturated carbocycles. The molecule has 2 aromatic heterocycles. The minimum Gasteiger partial charge on any atom is -0.309 e. The van der Waals surface area contributed by atoms with Gasteiger partial charge in [-0.2, -0.15) is 0 Å². The second kappa shape index (κ2) is 13.8. The van der Waals surface area contributed by atoms with Gasteiger partial charge < -0.3 is 4.90 Å². The van der Waals surface area contributed by atoms with E-state index in [-0.39, 0.29) is 0 Å². The topological polar surface area (TPSA) is 58.0 Å². The number of aryl methyl sites for hydroxylation is 6. The van der Waals surface area contributed by atoms with E-state index in [2.05, 4.69) is 117 Å². The third-order valence-electron chi connectivity index (χ3n) is 8.92. The van der Waals surface area contributed by atoms with Crippen molar-refractivity contribution in [3.05, 3.63) is 167 Å². The summed E-state index contributed by atoms with van der Waals surface area (Å²) in [6, 6.07) is 42.0. The lowest BCUT2D eigenvalue weighted by atomic mass is 9.98. The average Bonchev–Trinajstić information content (AvgIpc) is 3.12. The van der Waals surface area contributed by atoms with Crippen LogP contribution < -0.4 is 9.80 Å². The van der Waals surface area contributed by atoms with Gasteiger partial charge in [0.15, 0.2) is 5.82 Å². The van der Waals surface area contributed by atoms with E-state index in [0.29, 0.717) is 17.5 Å². The van der Waals surface area contributed by atoms with Gasteiger partial charge in [0, 0.05) is 34.8 Å². The zero-order valence-corrected chi connectivity index (χ0v) is 29.4. The van der Waals surface area contributed by atoms with E-state index < -0.39 is 0 Å². The summed E-state index contributed by atoms with van der Waals surface area (Å²) in [6.07, 6.45) is 3.33. The van der Waals surface area contributed by atoms with Crippen LogP contribution >= 0.6 is 0 Å². The maximum atomic E-state index is 5.14. The Labute approximate surface area is 294 Å². The monoisotopic (exact) mass is 652 g/mol. The van der Waals surface area contributed by atoms with Gasteiger partial charge in [-0.25, -0.2) is 19.9 Å². The molecule has 0 saturated heterocycles. The van der Waals surface area contributed by atoms with Crippen LogP contribution in [0.2, 0.25) is 0 Å². The molecule has 7 rings (SSSR count). The quantitative estimate of drug-likeness (QED) is 0.163. The van der Waals surface area contributed by atoms with Crippen molar-refractivity contribution >= 4 is 34.4 Å². The molecular formula is C44H40N6. The lowest BCUT2D eigenvalue weighted by molar-refractivity contribution is 1.07. The summed E-state index contributed by atoms with van der Waals surface area (Å²) in [6.45, 7) is 13.1. The fourth-order valence-corrected chi connectivity index (χ4v) is 6.99. The summed E-state index contributed by atoms with van der Waals surface area (Å²) in [5, 5.41) is 0. The maximum Gasteiger partial charge on any atom is 0.162 e. The molecule has 0 radical (unpaired) electrons. The summed E-state index contributed by atoms with van der Waals surface area (Å²) < 4.78 is 0. The number of aromatic nitrogens is 4. The molecule has 0 N–H and O–H groups in total. The second-order valence-electron chi connectivity index (χ2n) is 12.9. The molecule has 0 atom stereocenters. The van der Waals surface area contributed by atoms with Crippen LogP contribution in [0.3, 0.4) is 0 Å². The number of benzene rings is 5. The SMILES string of the molecule is Cc1cc(C)c(N(c2ccc(N(c3ccncn3)c3cc(-c4ccccc4)nc(-c4ccccc4)n3)cc2)c2c(C)cc(C)cc2C)c(C)c1. The van der Waals surface area contributed by atoms with Gasteiger partial charge in [-0.1, -0.05) is 96.1 Å². The number of rotatable bonds is 8. The minimum atomic E-state index is 0.638. The van der Waals surface area contributed by atoms with Gasteiger partial charge in [0.05, 0.1) is 17.1 Å². The summed E-state index contributed by atoms with van der Waals surface area (Å²) in [4.78, 5) is 23.6. The Morgan fingerprint density at radius 3 is 1.46 bits per heavy atom. The van der Waals surface area contributed by atoms with Gasteiger partial charge in [0.2, 0.25) is 0 Å². The molecule has 7 aromatic rings. The molecule has 246 valence electrons. The van der Waals surface area contributed by atoms with Crippen molar-refractivity contribution in [1.82, 2.24) is 19.9 Å². The van der Waals surface area contributed by atoms with Crippen molar-refractivity contribution in [3.8, 4) is 22.6 Å². The molecule has 0 fully saturated rings. The van der Waals surface area contributed by atoms with Crippen LogP contribution in [0.25, 0.3) is 22.6 Å². The Morgan fingerprint density at radius 1 is 0.460 bits per heavy atom. The van der Waals surface area contributed by atoms with Crippen LogP contribution in [0.15, 0.2) is 134 Å². The molecule has 0 amide bonds. The summed E-state index contributed by atoms with van der Waals surface area (Å²) in [5.41, 5.74) is 14.6. The molecule has 0 unspecified atom stereocenters. The molecular weight excluding hydrogens is 613 g/mol. The van der Waals surface area contributed by atoms with Gasteiger partial charge >= 0.3 is 0 Å². The minimum absolute atomic E-state index is 0.638. The standard InChI is InChI=1S/C44H40N6/c1-29-23-31(3)42(32(4)24-29)50(43-33(5)25-30(2)26-34(43)6)38-19-17-37(18-20-38)49(40-21-22-45-28-46-40)41-27-39(35-13-9-7-10-14-35)47-44(48-41)36-15-11-8-12-16-36/h7-28H,1-6H3. The Morgan fingerprint density at radius 2 is 0.960 bits per heavy atom. The highest BCUT2D eigenvalue weighted by Gasteiger charge is 2.23. The molecule has 5 aromatic carbocycles. The predicted molar refractivity (Wildman–Crippen MR) is 206 cm³/mol. The summed E-state index contributed by atoms with van der Waals surface area (Å²) in [7, 11) is 0. The summed E-state index contributed by atoms with van der Waals surface area (Å²) in [5.74, 6) is 2.05. The highest BCUT2D eigenvalue weighted by molar-refractivity contribution is 5.85. The van der Waals surface area contributed by atoms with E-state index in [1.54, 1.807) is 12.5 Å². The number of anilines is 6. The van der Waals surface area contributed by atoms with Crippen LogP contribution in [0, 0.1) is 41.5 Å². The molecule has 0 aliphatic carbocycles. The largest absolute Gasteiger partial charge is 0.309 e. The first-order valence-corrected chi connectivity index (χ1v) is 16.9. The fraction of sp³-hybridized carbons (Fsp3) is 0.136. The van der Waals surface area contributed by atoms with Gasteiger partial charge in [-0.15, -0.1) is 0 Å². The van der Waals surface area contributed by atoms with Gasteiger partial charge in [-0.3, -0.25) is 4.90 Å². The first-order valence-electron chi connectivity index (χ1n) is 16.9. The third kappa shape index (κ3) is 6.48. The lowest BCUT2D eigenvalue weighted by Crippen LogP contribution is -2.17. The van der Waals surface area contributed by atoms with Crippen molar-refractivity contribution < 1.29 is 0 Å². The zero-order valence-electron chi connectivity index (χ0n) is 29.4. The molecule has 0 bridgehead atoms. The van der Waals surface area contributed by atoms with Crippen molar-refractivity contribution in [2.75, 3.05) is 9.80 Å². The first-order chi connectivity index (χ1) is 24.3. The predicted octanol–water partition coefficient (Wildman–Crippen LogP) is 11.4. The van der Waals surface area contributed by atoms with Crippen molar-refractivity contribution in [2.24, 2.45) is 0 Å². The van der Waals surface area contributed by atoms with Crippen molar-refractivity contribution in [1.29, 1.82) is 0 Å². The van der Waals surface area contributed by atoms with Crippen LogP contribution in [-0.4, -0.2) is 19.9 Å². The smallest absolute Gasteiger partial charge is 0.162 e. The number of hydrogen-bond donors (Lipinski definition) is 0. The van der Waals surface area contributed by atoms with Crippen molar-refractivity contribution in [2.45, 2.75) is 41.5 Å². The highest BCUT2D eigenvalue weighted by atomic mass is 15.3. The number of hydrogen-bond acceptors (Lipinski definition) is 6. The Balaban J connectivity index is 1.41. The molecule has 6 nitrogen and oxygen atoms in total. The lowest BCUT2D eigenvalue weighted by Gasteiger charge is -2.32. The van der Waals surface area contributed by atoms with E-state index in [0.717, 1.165) is 28.2 Å². The van der Waals surface area contributed by atoms with E-state index in [4.69, 9.17) is 15.0 Å². The molecule has 2 heterocycles. The van der Waals surface area contributed by atoms with E-state index >= 15 is 0 Å². The van der Waals surface area contributed by atoms with Crippen LogP contribution in [0.4, 0.5) is 34.4 Å². The second-order valence-corrected chi connectivity index (χ2v) is 12.9. The first kappa shape index (κ1) is 32.4. The van der Waals surface area contributed by atoms with Crippen LogP contribution in [0.1, 0.15) is 33.4 Å². The Bertz CT molecular complexity index is 2110. The molecule has 0 aliphatic rings. The third-order valence-corrected chi connectivity index (χ3v) is 8.92. The highest BCUT2D eigenvalue weighted by Crippen LogP contribution is 2.44. The average molecular weight is 653 g/mol.